The minimum absolute atomic E-state index is 0.213. The van der Waals surface area contributed by atoms with E-state index in [1.54, 1.807) is 18.6 Å². The van der Waals surface area contributed by atoms with Crippen LogP contribution in [0.25, 0.3) is 11.6 Å². The van der Waals surface area contributed by atoms with E-state index in [2.05, 4.69) is 15.0 Å². The fourth-order valence-corrected chi connectivity index (χ4v) is 3.39. The Balaban J connectivity index is 1.76. The van der Waals surface area contributed by atoms with Crippen LogP contribution in [0.2, 0.25) is 0 Å². The molecule has 1 aliphatic rings. The monoisotopic (exact) mass is 308 g/mol. The third-order valence-corrected chi connectivity index (χ3v) is 4.95. The van der Waals surface area contributed by atoms with Gasteiger partial charge >= 0.3 is 0 Å². The summed E-state index contributed by atoms with van der Waals surface area (Å²) < 4.78 is 29.8. The lowest BCUT2D eigenvalue weighted by molar-refractivity contribution is 0.318. The van der Waals surface area contributed by atoms with Gasteiger partial charge in [-0.25, -0.2) is 22.7 Å². The van der Waals surface area contributed by atoms with E-state index >= 15 is 0 Å². The normalized spacial score (nSPS) is 18.0. The zero-order valence-electron chi connectivity index (χ0n) is 11.6. The van der Waals surface area contributed by atoms with Gasteiger partial charge in [-0.3, -0.25) is 4.98 Å². The Bertz CT molecular complexity index is 707. The van der Waals surface area contributed by atoms with Gasteiger partial charge in [-0.15, -0.1) is 0 Å². The molecule has 0 saturated carbocycles. The summed E-state index contributed by atoms with van der Waals surface area (Å²) in [5, 5.41) is 0. The van der Waals surface area contributed by atoms with Crippen LogP contribution in [0.5, 0.6) is 0 Å². The molecule has 0 atom stereocenters. The molecule has 0 amide bonds. The highest BCUT2D eigenvalue weighted by Crippen LogP contribution is 2.28. The Morgan fingerprint density at radius 3 is 2.67 bits per heavy atom. The van der Waals surface area contributed by atoms with Crippen LogP contribution in [-0.2, 0) is 10.0 Å². The van der Waals surface area contributed by atoms with Gasteiger partial charge < -0.3 is 4.42 Å². The Kier molecular flexibility index (Phi) is 3.73. The summed E-state index contributed by atoms with van der Waals surface area (Å²) in [5.74, 6) is 0.656. The molecule has 8 heteroatoms. The molecule has 2 aromatic heterocycles. The second-order valence-corrected chi connectivity index (χ2v) is 7.09. The highest BCUT2D eigenvalue weighted by molar-refractivity contribution is 7.88. The summed E-state index contributed by atoms with van der Waals surface area (Å²) in [4.78, 5) is 12.8. The molecule has 1 fully saturated rings. The van der Waals surface area contributed by atoms with E-state index in [-0.39, 0.29) is 5.92 Å². The zero-order valence-corrected chi connectivity index (χ0v) is 12.5. The summed E-state index contributed by atoms with van der Waals surface area (Å²) in [6, 6.07) is 0. The van der Waals surface area contributed by atoms with Crippen LogP contribution in [-0.4, -0.2) is 47.0 Å². The number of rotatable bonds is 3. The molecule has 2 aromatic rings. The van der Waals surface area contributed by atoms with Gasteiger partial charge in [0.1, 0.15) is 12.0 Å². The topological polar surface area (TPSA) is 89.2 Å². The van der Waals surface area contributed by atoms with Crippen molar-refractivity contribution >= 4 is 10.0 Å². The highest BCUT2D eigenvalue weighted by Gasteiger charge is 2.26. The van der Waals surface area contributed by atoms with Crippen molar-refractivity contribution < 1.29 is 12.8 Å². The summed E-state index contributed by atoms with van der Waals surface area (Å²) >= 11 is 0. The fourth-order valence-electron chi connectivity index (χ4n) is 2.51. The minimum Gasteiger partial charge on any atom is -0.443 e. The minimum atomic E-state index is -3.10. The smallest absolute Gasteiger partial charge is 0.246 e. The van der Waals surface area contributed by atoms with Crippen molar-refractivity contribution in [1.29, 1.82) is 0 Å². The van der Waals surface area contributed by atoms with E-state index in [0.29, 0.717) is 24.7 Å². The average Bonchev–Trinajstić information content (AvgIpc) is 3.01. The summed E-state index contributed by atoms with van der Waals surface area (Å²) in [6.45, 7) is 1.04. The maximum absolute atomic E-state index is 11.5. The second-order valence-electron chi connectivity index (χ2n) is 5.10. The Morgan fingerprint density at radius 1 is 1.29 bits per heavy atom. The number of oxazole rings is 1. The predicted octanol–water partition coefficient (Wildman–Crippen LogP) is 1.27. The summed E-state index contributed by atoms with van der Waals surface area (Å²) in [5.41, 5.74) is 1.46. The van der Waals surface area contributed by atoms with Crippen molar-refractivity contribution in [3.8, 4) is 11.6 Å². The molecule has 0 aliphatic carbocycles. The average molecular weight is 308 g/mol. The van der Waals surface area contributed by atoms with E-state index in [1.807, 2.05) is 0 Å². The van der Waals surface area contributed by atoms with E-state index in [4.69, 9.17) is 4.42 Å². The van der Waals surface area contributed by atoms with Crippen molar-refractivity contribution in [2.24, 2.45) is 0 Å². The summed E-state index contributed by atoms with van der Waals surface area (Å²) in [7, 11) is -3.10. The number of nitrogens with zero attached hydrogens (tertiary/aromatic N) is 4. The molecule has 0 unspecified atom stereocenters. The predicted molar refractivity (Wildman–Crippen MR) is 75.9 cm³/mol. The van der Waals surface area contributed by atoms with Gasteiger partial charge in [0, 0.05) is 25.2 Å². The number of hydrogen-bond acceptors (Lipinski definition) is 6. The van der Waals surface area contributed by atoms with Gasteiger partial charge in [-0.1, -0.05) is 0 Å². The maximum Gasteiger partial charge on any atom is 0.246 e. The van der Waals surface area contributed by atoms with E-state index in [0.717, 1.165) is 18.5 Å². The van der Waals surface area contributed by atoms with Crippen molar-refractivity contribution in [2.75, 3.05) is 19.3 Å². The number of aromatic nitrogens is 3. The first kappa shape index (κ1) is 14.2. The Hall–Kier alpha value is -1.80. The Labute approximate surface area is 123 Å². The van der Waals surface area contributed by atoms with Gasteiger partial charge in [0.2, 0.25) is 15.9 Å². The third kappa shape index (κ3) is 3.11. The van der Waals surface area contributed by atoms with Crippen LogP contribution >= 0.6 is 0 Å². The van der Waals surface area contributed by atoms with Crippen LogP contribution < -0.4 is 0 Å². The van der Waals surface area contributed by atoms with Gasteiger partial charge in [0.05, 0.1) is 24.3 Å². The number of piperidine rings is 1. The quantitative estimate of drug-likeness (QED) is 0.848. The van der Waals surface area contributed by atoms with Crippen LogP contribution in [0.4, 0.5) is 0 Å². The molecule has 3 rings (SSSR count). The molecular formula is C13H16N4O3S. The molecule has 0 aromatic carbocycles. The standard InChI is InChI=1S/C13H16N4O3S/c1-21(18,19)17-5-2-10(3-6-17)11-8-14-9-12(16-11)13-15-4-7-20-13/h4,7-10H,2-3,5-6H2,1H3. The molecule has 21 heavy (non-hydrogen) atoms. The molecule has 0 radical (unpaired) electrons. The van der Waals surface area contributed by atoms with Crippen LogP contribution in [0, 0.1) is 0 Å². The fraction of sp³-hybridized carbons (Fsp3) is 0.462. The lowest BCUT2D eigenvalue weighted by atomic mass is 9.95. The van der Waals surface area contributed by atoms with E-state index < -0.39 is 10.0 Å². The first-order valence-corrected chi connectivity index (χ1v) is 8.56. The van der Waals surface area contributed by atoms with E-state index in [1.165, 1.54) is 16.8 Å². The first-order chi connectivity index (χ1) is 10.0. The maximum atomic E-state index is 11.5. The van der Waals surface area contributed by atoms with Gasteiger partial charge in [0.25, 0.3) is 0 Å². The molecule has 0 N–H and O–H groups in total. The van der Waals surface area contributed by atoms with Crippen molar-refractivity contribution in [3.05, 3.63) is 30.5 Å². The zero-order chi connectivity index (χ0) is 14.9. The van der Waals surface area contributed by atoms with Crippen molar-refractivity contribution in [1.82, 2.24) is 19.3 Å². The van der Waals surface area contributed by atoms with Crippen LogP contribution in [0.1, 0.15) is 24.5 Å². The summed E-state index contributed by atoms with van der Waals surface area (Å²) in [6.07, 6.45) is 9.14. The second kappa shape index (κ2) is 5.53. The Morgan fingerprint density at radius 2 is 2.05 bits per heavy atom. The molecule has 0 spiro atoms. The molecule has 1 saturated heterocycles. The molecule has 1 aliphatic heterocycles. The molecule has 0 bridgehead atoms. The van der Waals surface area contributed by atoms with Gasteiger partial charge in [-0.2, -0.15) is 0 Å². The van der Waals surface area contributed by atoms with Crippen molar-refractivity contribution in [3.63, 3.8) is 0 Å². The lowest BCUT2D eigenvalue weighted by Crippen LogP contribution is -2.37. The number of sulfonamides is 1. The van der Waals surface area contributed by atoms with Gasteiger partial charge in [0.15, 0.2) is 0 Å². The molecule has 3 heterocycles. The first-order valence-electron chi connectivity index (χ1n) is 6.71. The molecule has 7 nitrogen and oxygen atoms in total. The molecule has 112 valence electrons. The van der Waals surface area contributed by atoms with Crippen LogP contribution in [0.15, 0.2) is 29.3 Å². The lowest BCUT2D eigenvalue weighted by Gasteiger charge is -2.29. The largest absolute Gasteiger partial charge is 0.443 e. The van der Waals surface area contributed by atoms with Crippen LogP contribution in [0.3, 0.4) is 0 Å². The van der Waals surface area contributed by atoms with E-state index in [9.17, 15) is 8.42 Å². The third-order valence-electron chi connectivity index (χ3n) is 3.65. The highest BCUT2D eigenvalue weighted by atomic mass is 32.2. The SMILES string of the molecule is CS(=O)(=O)N1CCC(c2cncc(-c3ncco3)n2)CC1. The van der Waals surface area contributed by atoms with Gasteiger partial charge in [-0.05, 0) is 12.8 Å². The molecular weight excluding hydrogens is 292 g/mol. The van der Waals surface area contributed by atoms with Crippen molar-refractivity contribution in [2.45, 2.75) is 18.8 Å². The number of hydrogen-bond donors (Lipinski definition) is 0.